The maximum atomic E-state index is 11.2. The zero-order valence-corrected chi connectivity index (χ0v) is 9.90. The summed E-state index contributed by atoms with van der Waals surface area (Å²) in [7, 11) is 0. The van der Waals surface area contributed by atoms with E-state index >= 15 is 0 Å². The summed E-state index contributed by atoms with van der Waals surface area (Å²) in [5.74, 6) is 1.55. The molecule has 16 heavy (non-hydrogen) atoms. The van der Waals surface area contributed by atoms with Crippen LogP contribution < -0.4 is 0 Å². The smallest absolute Gasteiger partial charge is 0.135 e. The third-order valence-electron chi connectivity index (χ3n) is 2.61. The van der Waals surface area contributed by atoms with Crippen LogP contribution in [0.15, 0.2) is 24.4 Å². The summed E-state index contributed by atoms with van der Waals surface area (Å²) in [6.07, 6.45) is 2.33. The highest BCUT2D eigenvalue weighted by Crippen LogP contribution is 2.18. The highest BCUT2D eigenvalue weighted by Gasteiger charge is 2.11. The fourth-order valence-electron chi connectivity index (χ4n) is 1.94. The summed E-state index contributed by atoms with van der Waals surface area (Å²) in [5.41, 5.74) is 2.08. The van der Waals surface area contributed by atoms with Crippen LogP contribution in [0.25, 0.3) is 5.52 Å². The molecule has 0 unspecified atom stereocenters. The first-order valence-electron chi connectivity index (χ1n) is 5.54. The van der Waals surface area contributed by atoms with E-state index in [0.717, 1.165) is 17.0 Å². The molecule has 2 aromatic rings. The maximum Gasteiger partial charge on any atom is 0.135 e. The lowest BCUT2D eigenvalue weighted by Gasteiger charge is -2.09. The van der Waals surface area contributed by atoms with Crippen LogP contribution in [-0.2, 0) is 11.2 Å². The van der Waals surface area contributed by atoms with Gasteiger partial charge in [-0.05, 0) is 19.1 Å². The Morgan fingerprint density at radius 3 is 2.81 bits per heavy atom. The minimum atomic E-state index is 0.177. The fourth-order valence-corrected chi connectivity index (χ4v) is 1.94. The highest BCUT2D eigenvalue weighted by atomic mass is 16.1. The second-order valence-electron chi connectivity index (χ2n) is 4.43. The zero-order chi connectivity index (χ0) is 11.7. The Labute approximate surface area is 95.1 Å². The molecule has 0 amide bonds. The van der Waals surface area contributed by atoms with Crippen LogP contribution in [0.4, 0.5) is 0 Å². The van der Waals surface area contributed by atoms with Gasteiger partial charge in [-0.2, -0.15) is 0 Å². The standard InChI is InChI=1S/C13H16N2O/c1-9(2)13-14-8-12-6-4-5-11(15(12)13)7-10(3)16/h4-6,8-9H,7H2,1-3H3. The molecule has 3 nitrogen and oxygen atoms in total. The summed E-state index contributed by atoms with van der Waals surface area (Å²) >= 11 is 0. The Morgan fingerprint density at radius 2 is 2.19 bits per heavy atom. The van der Waals surface area contributed by atoms with Gasteiger partial charge in [0.05, 0.1) is 11.7 Å². The van der Waals surface area contributed by atoms with Gasteiger partial charge in [-0.15, -0.1) is 0 Å². The molecule has 0 atom stereocenters. The van der Waals surface area contributed by atoms with E-state index in [-0.39, 0.29) is 5.78 Å². The lowest BCUT2D eigenvalue weighted by atomic mass is 10.1. The second-order valence-corrected chi connectivity index (χ2v) is 4.43. The number of hydrogen-bond donors (Lipinski definition) is 0. The van der Waals surface area contributed by atoms with Crippen LogP contribution in [-0.4, -0.2) is 15.2 Å². The van der Waals surface area contributed by atoms with Crippen molar-refractivity contribution in [2.24, 2.45) is 0 Å². The van der Waals surface area contributed by atoms with E-state index in [9.17, 15) is 4.79 Å². The quantitative estimate of drug-likeness (QED) is 0.790. The van der Waals surface area contributed by atoms with Gasteiger partial charge in [-0.3, -0.25) is 4.79 Å². The minimum absolute atomic E-state index is 0.177. The Hall–Kier alpha value is -1.64. The molecule has 0 spiro atoms. The number of fused-ring (bicyclic) bond motifs is 1. The largest absolute Gasteiger partial charge is 0.300 e. The van der Waals surface area contributed by atoms with Crippen molar-refractivity contribution < 1.29 is 4.79 Å². The molecule has 0 bridgehead atoms. The van der Waals surface area contributed by atoms with Crippen molar-refractivity contribution in [1.82, 2.24) is 9.38 Å². The van der Waals surface area contributed by atoms with Gasteiger partial charge in [0.1, 0.15) is 11.6 Å². The van der Waals surface area contributed by atoms with Crippen molar-refractivity contribution in [2.45, 2.75) is 33.1 Å². The van der Waals surface area contributed by atoms with Gasteiger partial charge >= 0.3 is 0 Å². The third kappa shape index (κ3) is 1.85. The van der Waals surface area contributed by atoms with E-state index in [1.807, 2.05) is 24.4 Å². The number of carbonyl (C=O) groups is 1. The molecule has 84 valence electrons. The van der Waals surface area contributed by atoms with Crippen LogP contribution in [0, 0.1) is 0 Å². The third-order valence-corrected chi connectivity index (χ3v) is 2.61. The summed E-state index contributed by atoms with van der Waals surface area (Å²) in [4.78, 5) is 15.6. The Balaban J connectivity index is 2.63. The molecule has 0 N–H and O–H groups in total. The number of carbonyl (C=O) groups excluding carboxylic acids is 1. The van der Waals surface area contributed by atoms with E-state index in [4.69, 9.17) is 0 Å². The van der Waals surface area contributed by atoms with Gasteiger partial charge in [0.2, 0.25) is 0 Å². The Bertz CT molecular complexity index is 526. The Kier molecular flexibility index (Phi) is 2.77. The topological polar surface area (TPSA) is 34.4 Å². The van der Waals surface area contributed by atoms with Gasteiger partial charge in [-0.25, -0.2) is 4.98 Å². The first-order chi connectivity index (χ1) is 7.59. The predicted octanol–water partition coefficient (Wildman–Crippen LogP) is 2.59. The fraction of sp³-hybridized carbons (Fsp3) is 0.385. The van der Waals surface area contributed by atoms with Crippen LogP contribution >= 0.6 is 0 Å². The molecule has 0 saturated heterocycles. The van der Waals surface area contributed by atoms with Crippen molar-refractivity contribution in [2.75, 3.05) is 0 Å². The number of aromatic nitrogens is 2. The van der Waals surface area contributed by atoms with Crippen LogP contribution in [0.2, 0.25) is 0 Å². The molecule has 2 aromatic heterocycles. The van der Waals surface area contributed by atoms with Gasteiger partial charge in [0, 0.05) is 18.0 Å². The van der Waals surface area contributed by atoms with Gasteiger partial charge in [-0.1, -0.05) is 19.9 Å². The molecule has 0 aliphatic rings. The molecular weight excluding hydrogens is 200 g/mol. The molecular formula is C13H16N2O. The molecule has 0 saturated carbocycles. The first-order valence-corrected chi connectivity index (χ1v) is 5.54. The summed E-state index contributed by atoms with van der Waals surface area (Å²) < 4.78 is 2.09. The molecule has 0 aliphatic heterocycles. The summed E-state index contributed by atoms with van der Waals surface area (Å²) in [5, 5.41) is 0. The second kappa shape index (κ2) is 4.08. The SMILES string of the molecule is CC(=O)Cc1cccc2cnc(C(C)C)n12. The van der Waals surface area contributed by atoms with Gasteiger partial charge in [0.15, 0.2) is 0 Å². The van der Waals surface area contributed by atoms with Crippen LogP contribution in [0.3, 0.4) is 0 Å². The Morgan fingerprint density at radius 1 is 1.44 bits per heavy atom. The number of ketones is 1. The summed E-state index contributed by atoms with van der Waals surface area (Å²) in [6.45, 7) is 5.84. The summed E-state index contributed by atoms with van der Waals surface area (Å²) in [6, 6.07) is 5.98. The van der Waals surface area contributed by atoms with Crippen LogP contribution in [0.5, 0.6) is 0 Å². The van der Waals surface area contributed by atoms with Gasteiger partial charge < -0.3 is 4.40 Å². The van der Waals surface area contributed by atoms with E-state index in [1.165, 1.54) is 0 Å². The number of pyridine rings is 1. The number of nitrogens with zero attached hydrogens (tertiary/aromatic N) is 2. The zero-order valence-electron chi connectivity index (χ0n) is 9.90. The first kappa shape index (κ1) is 10.9. The maximum absolute atomic E-state index is 11.2. The molecule has 3 heteroatoms. The molecule has 0 fully saturated rings. The van der Waals surface area contributed by atoms with Crippen molar-refractivity contribution in [1.29, 1.82) is 0 Å². The van der Waals surface area contributed by atoms with Crippen molar-refractivity contribution in [3.63, 3.8) is 0 Å². The van der Waals surface area contributed by atoms with E-state index in [0.29, 0.717) is 12.3 Å². The highest BCUT2D eigenvalue weighted by molar-refractivity contribution is 5.78. The average molecular weight is 216 g/mol. The van der Waals surface area contributed by atoms with Gasteiger partial charge in [0.25, 0.3) is 0 Å². The molecule has 0 aliphatic carbocycles. The number of imidazole rings is 1. The predicted molar refractivity (Wildman–Crippen MR) is 63.7 cm³/mol. The molecule has 0 aromatic carbocycles. The molecule has 0 radical (unpaired) electrons. The number of Topliss-reactive ketones (excluding diaryl/α,β-unsaturated/α-hetero) is 1. The average Bonchev–Trinajstić information content (AvgIpc) is 2.61. The molecule has 2 heterocycles. The monoisotopic (exact) mass is 216 g/mol. The normalized spacial score (nSPS) is 11.2. The minimum Gasteiger partial charge on any atom is -0.300 e. The number of hydrogen-bond acceptors (Lipinski definition) is 2. The van der Waals surface area contributed by atoms with E-state index in [2.05, 4.69) is 23.2 Å². The van der Waals surface area contributed by atoms with Crippen molar-refractivity contribution in [3.05, 3.63) is 35.9 Å². The van der Waals surface area contributed by atoms with Crippen LogP contribution in [0.1, 0.15) is 38.2 Å². The number of rotatable bonds is 3. The van der Waals surface area contributed by atoms with E-state index < -0.39 is 0 Å². The van der Waals surface area contributed by atoms with Crippen molar-refractivity contribution >= 4 is 11.3 Å². The van der Waals surface area contributed by atoms with Crippen molar-refractivity contribution in [3.8, 4) is 0 Å². The van der Waals surface area contributed by atoms with E-state index in [1.54, 1.807) is 6.92 Å². The molecule has 2 rings (SSSR count). The lowest BCUT2D eigenvalue weighted by Crippen LogP contribution is -2.06. The lowest BCUT2D eigenvalue weighted by molar-refractivity contribution is -0.116.